The van der Waals surface area contributed by atoms with Crippen molar-refractivity contribution in [3.63, 3.8) is 0 Å². The Morgan fingerprint density at radius 3 is 2.93 bits per heavy atom. The lowest BCUT2D eigenvalue weighted by Crippen LogP contribution is -2.43. The molecular formula is C21H39N5O. The van der Waals surface area contributed by atoms with Crippen LogP contribution >= 0.6 is 0 Å². The summed E-state index contributed by atoms with van der Waals surface area (Å²) in [6, 6.07) is 0.559. The molecule has 0 bridgehead atoms. The van der Waals surface area contributed by atoms with Gasteiger partial charge >= 0.3 is 0 Å². The molecule has 2 atom stereocenters. The van der Waals surface area contributed by atoms with E-state index >= 15 is 0 Å². The summed E-state index contributed by atoms with van der Waals surface area (Å²) in [5, 5.41) is 14.9. The molecule has 0 aromatic heterocycles. The van der Waals surface area contributed by atoms with E-state index in [1.165, 1.54) is 31.4 Å². The Labute approximate surface area is 165 Å². The molecule has 6 nitrogen and oxygen atoms in total. The minimum Gasteiger partial charge on any atom is -0.362 e. The molecule has 2 heterocycles. The molecular weight excluding hydrogens is 338 g/mol. The lowest BCUT2D eigenvalue weighted by atomic mass is 10.0. The predicted molar refractivity (Wildman–Crippen MR) is 113 cm³/mol. The number of nitrogens with one attached hydrogen (secondary N) is 3. The van der Waals surface area contributed by atoms with Gasteiger partial charge in [0.05, 0.1) is 13.3 Å². The van der Waals surface area contributed by atoms with Crippen molar-refractivity contribution in [1.82, 2.24) is 20.4 Å². The van der Waals surface area contributed by atoms with Crippen LogP contribution in [0.25, 0.3) is 0 Å². The van der Waals surface area contributed by atoms with Crippen LogP contribution in [0, 0.1) is 11.3 Å². The standard InChI is InChI=1S/C21H39N5O/c1-4-18(2)20-7-5-11-25(13-10-24-20)15-19-9-12-26(16-19)21(22)8-6-14-27-17-23-3/h4,6,8,19-20,22-24H,5,7,9-17H2,1-3H3/b8-6-,18-4+,22-21?/t19-,20?/m1/s1. The average Bonchev–Trinajstić information content (AvgIpc) is 3.11. The Hall–Kier alpha value is -1.21. The fourth-order valence-electron chi connectivity index (χ4n) is 3.96. The van der Waals surface area contributed by atoms with Crippen LogP contribution < -0.4 is 10.6 Å². The summed E-state index contributed by atoms with van der Waals surface area (Å²) in [5.74, 6) is 1.29. The Morgan fingerprint density at radius 2 is 2.15 bits per heavy atom. The third-order valence-electron chi connectivity index (χ3n) is 5.67. The molecule has 0 aliphatic carbocycles. The van der Waals surface area contributed by atoms with Gasteiger partial charge in [0.2, 0.25) is 0 Å². The van der Waals surface area contributed by atoms with Crippen molar-refractivity contribution in [2.45, 2.75) is 39.2 Å². The molecule has 2 aliphatic heterocycles. The zero-order valence-corrected chi connectivity index (χ0v) is 17.5. The first-order chi connectivity index (χ1) is 13.1. The largest absolute Gasteiger partial charge is 0.362 e. The zero-order valence-electron chi connectivity index (χ0n) is 17.5. The van der Waals surface area contributed by atoms with Crippen molar-refractivity contribution in [1.29, 1.82) is 5.41 Å². The topological polar surface area (TPSA) is 63.6 Å². The number of nitrogens with zero attached hydrogens (tertiary/aromatic N) is 2. The molecule has 0 amide bonds. The number of hydrogen-bond acceptors (Lipinski definition) is 5. The van der Waals surface area contributed by atoms with E-state index in [0.717, 1.165) is 32.7 Å². The predicted octanol–water partition coefficient (Wildman–Crippen LogP) is 2.06. The van der Waals surface area contributed by atoms with Gasteiger partial charge in [0.1, 0.15) is 5.84 Å². The molecule has 0 saturated carbocycles. The van der Waals surface area contributed by atoms with E-state index in [1.807, 2.05) is 19.2 Å². The van der Waals surface area contributed by atoms with Gasteiger partial charge in [-0.25, -0.2) is 0 Å². The molecule has 3 N–H and O–H groups in total. The molecule has 154 valence electrons. The highest BCUT2D eigenvalue weighted by Crippen LogP contribution is 2.19. The zero-order chi connectivity index (χ0) is 19.5. The second-order valence-corrected chi connectivity index (χ2v) is 7.74. The van der Waals surface area contributed by atoms with Crippen LogP contribution in [-0.4, -0.2) is 81.3 Å². The van der Waals surface area contributed by atoms with Crippen molar-refractivity contribution >= 4 is 5.84 Å². The van der Waals surface area contributed by atoms with E-state index < -0.39 is 0 Å². The molecule has 2 aliphatic rings. The fraction of sp³-hybridized carbons (Fsp3) is 0.762. The minimum atomic E-state index is 0.545. The molecule has 2 saturated heterocycles. The van der Waals surface area contributed by atoms with Gasteiger partial charge in [-0.2, -0.15) is 0 Å². The summed E-state index contributed by atoms with van der Waals surface area (Å²) in [6.45, 7) is 12.0. The van der Waals surface area contributed by atoms with Crippen LogP contribution in [0.2, 0.25) is 0 Å². The van der Waals surface area contributed by atoms with Gasteiger partial charge in [-0.05, 0) is 58.7 Å². The van der Waals surface area contributed by atoms with Gasteiger partial charge in [0, 0.05) is 38.8 Å². The number of amidine groups is 1. The van der Waals surface area contributed by atoms with Crippen LogP contribution in [0.3, 0.4) is 0 Å². The van der Waals surface area contributed by atoms with Gasteiger partial charge in [-0.1, -0.05) is 17.7 Å². The Bertz CT molecular complexity index is 495. The highest BCUT2D eigenvalue weighted by atomic mass is 16.5. The average molecular weight is 378 g/mol. The fourth-order valence-corrected chi connectivity index (χ4v) is 3.96. The Kier molecular flexibility index (Phi) is 10.1. The highest BCUT2D eigenvalue weighted by molar-refractivity contribution is 5.90. The summed E-state index contributed by atoms with van der Waals surface area (Å²) in [7, 11) is 1.86. The molecule has 0 aromatic rings. The molecule has 27 heavy (non-hydrogen) atoms. The number of hydrogen-bond donors (Lipinski definition) is 3. The second kappa shape index (κ2) is 12.3. The first-order valence-electron chi connectivity index (χ1n) is 10.4. The summed E-state index contributed by atoms with van der Waals surface area (Å²) >= 11 is 0. The van der Waals surface area contributed by atoms with E-state index in [2.05, 4.69) is 40.4 Å². The third kappa shape index (κ3) is 7.74. The van der Waals surface area contributed by atoms with Crippen LogP contribution in [0.5, 0.6) is 0 Å². The lowest BCUT2D eigenvalue weighted by Gasteiger charge is -2.31. The monoisotopic (exact) mass is 377 g/mol. The maximum Gasteiger partial charge on any atom is 0.120 e. The van der Waals surface area contributed by atoms with Crippen LogP contribution in [-0.2, 0) is 4.74 Å². The molecule has 2 rings (SSSR count). The molecule has 2 fully saturated rings. The quantitative estimate of drug-likeness (QED) is 0.199. The Balaban J connectivity index is 1.69. The van der Waals surface area contributed by atoms with Crippen LogP contribution in [0.15, 0.2) is 23.8 Å². The van der Waals surface area contributed by atoms with Gasteiger partial charge in [-0.3, -0.25) is 10.7 Å². The maximum absolute atomic E-state index is 8.26. The molecule has 0 aromatic carbocycles. The maximum atomic E-state index is 8.26. The van der Waals surface area contributed by atoms with E-state index in [1.54, 1.807) is 0 Å². The van der Waals surface area contributed by atoms with Crippen molar-refractivity contribution < 1.29 is 4.74 Å². The van der Waals surface area contributed by atoms with E-state index in [0.29, 0.717) is 31.1 Å². The van der Waals surface area contributed by atoms with E-state index in [-0.39, 0.29) is 0 Å². The first-order valence-corrected chi connectivity index (χ1v) is 10.4. The second-order valence-electron chi connectivity index (χ2n) is 7.74. The third-order valence-corrected chi connectivity index (χ3v) is 5.67. The van der Waals surface area contributed by atoms with Gasteiger partial charge in [0.15, 0.2) is 0 Å². The number of ether oxygens (including phenoxy) is 1. The highest BCUT2D eigenvalue weighted by Gasteiger charge is 2.26. The van der Waals surface area contributed by atoms with Crippen molar-refractivity contribution in [2.24, 2.45) is 5.92 Å². The van der Waals surface area contributed by atoms with Crippen molar-refractivity contribution in [2.75, 3.05) is 59.7 Å². The smallest absolute Gasteiger partial charge is 0.120 e. The van der Waals surface area contributed by atoms with Gasteiger partial charge in [0.25, 0.3) is 0 Å². The van der Waals surface area contributed by atoms with Gasteiger partial charge < -0.3 is 19.9 Å². The number of likely N-dealkylation sites (tertiary alicyclic amines) is 1. The van der Waals surface area contributed by atoms with E-state index in [4.69, 9.17) is 10.1 Å². The van der Waals surface area contributed by atoms with Gasteiger partial charge in [-0.15, -0.1) is 0 Å². The SMILES string of the molecule is C/C=C(\C)C1CCCN(C[C@H]2CCN(C(=N)/C=C\COCNC)C2)CCN1. The van der Waals surface area contributed by atoms with Crippen molar-refractivity contribution in [3.05, 3.63) is 23.8 Å². The van der Waals surface area contributed by atoms with Crippen LogP contribution in [0.1, 0.15) is 33.1 Å². The van der Waals surface area contributed by atoms with Crippen molar-refractivity contribution in [3.8, 4) is 0 Å². The molecule has 0 radical (unpaired) electrons. The first kappa shape index (κ1) is 22.1. The summed E-state index contributed by atoms with van der Waals surface area (Å²) < 4.78 is 5.34. The lowest BCUT2D eigenvalue weighted by molar-refractivity contribution is 0.148. The van der Waals surface area contributed by atoms with Crippen LogP contribution in [0.4, 0.5) is 0 Å². The van der Waals surface area contributed by atoms with E-state index in [9.17, 15) is 0 Å². The summed E-state index contributed by atoms with van der Waals surface area (Å²) in [6.07, 6.45) is 9.72. The molecule has 0 spiro atoms. The molecule has 1 unspecified atom stereocenters. The minimum absolute atomic E-state index is 0.545. The summed E-state index contributed by atoms with van der Waals surface area (Å²) in [5.41, 5.74) is 1.47. The normalized spacial score (nSPS) is 25.7. The number of rotatable bonds is 8. The Morgan fingerprint density at radius 1 is 1.30 bits per heavy atom. The molecule has 6 heteroatoms. The summed E-state index contributed by atoms with van der Waals surface area (Å²) in [4.78, 5) is 4.82. The number of allylic oxidation sites excluding steroid dienone is 1.